The number of rotatable bonds is 7. The number of hydrogen-bond acceptors (Lipinski definition) is 6. The summed E-state index contributed by atoms with van der Waals surface area (Å²) in [5, 5.41) is 11.4. The van der Waals surface area contributed by atoms with Crippen molar-refractivity contribution < 1.29 is 22.7 Å². The van der Waals surface area contributed by atoms with E-state index in [4.69, 9.17) is 9.88 Å². The van der Waals surface area contributed by atoms with Gasteiger partial charge in [-0.25, -0.2) is 13.6 Å². The fraction of sp³-hybridized carbons (Fsp3) is 0.250. The monoisotopic (exact) mass is 382 g/mol. The van der Waals surface area contributed by atoms with E-state index in [2.05, 4.69) is 5.32 Å². The second kappa shape index (κ2) is 8.24. The molecule has 0 unspecified atom stereocenters. The molecule has 134 valence electrons. The van der Waals surface area contributed by atoms with E-state index >= 15 is 0 Å². The first kappa shape index (κ1) is 19.1. The van der Waals surface area contributed by atoms with Crippen molar-refractivity contribution in [3.8, 4) is 0 Å². The van der Waals surface area contributed by atoms with E-state index in [-0.39, 0.29) is 24.0 Å². The van der Waals surface area contributed by atoms with Crippen LogP contribution in [0, 0.1) is 0 Å². The largest absolute Gasteiger partial charge is 0.455 e. The summed E-state index contributed by atoms with van der Waals surface area (Å²) in [5.41, 5.74) is 1.55. The van der Waals surface area contributed by atoms with Gasteiger partial charge in [-0.1, -0.05) is 12.1 Å². The Labute approximate surface area is 149 Å². The maximum absolute atomic E-state index is 11.9. The van der Waals surface area contributed by atoms with Crippen molar-refractivity contribution in [3.05, 3.63) is 52.2 Å². The highest BCUT2D eigenvalue weighted by molar-refractivity contribution is 7.89. The summed E-state index contributed by atoms with van der Waals surface area (Å²) in [6.07, 6.45) is 0.126. The van der Waals surface area contributed by atoms with Crippen molar-refractivity contribution in [3.63, 3.8) is 0 Å². The van der Waals surface area contributed by atoms with Gasteiger partial charge in [-0.05, 0) is 47.0 Å². The maximum atomic E-state index is 11.9. The third kappa shape index (κ3) is 5.96. The first-order chi connectivity index (χ1) is 11.8. The van der Waals surface area contributed by atoms with Gasteiger partial charge >= 0.3 is 5.97 Å². The third-order valence-electron chi connectivity index (χ3n) is 3.38. The van der Waals surface area contributed by atoms with Gasteiger partial charge in [-0.15, -0.1) is 0 Å². The van der Waals surface area contributed by atoms with Gasteiger partial charge in [0.1, 0.15) is 0 Å². The van der Waals surface area contributed by atoms with E-state index in [0.717, 1.165) is 5.56 Å². The van der Waals surface area contributed by atoms with E-state index in [1.807, 2.05) is 16.8 Å². The molecular formula is C16H18N2O5S2. The van der Waals surface area contributed by atoms with Crippen LogP contribution in [0.25, 0.3) is 0 Å². The van der Waals surface area contributed by atoms with Crippen LogP contribution in [0.2, 0.25) is 0 Å². The molecule has 0 saturated heterocycles. The van der Waals surface area contributed by atoms with Crippen molar-refractivity contribution in [2.24, 2.45) is 5.14 Å². The average molecular weight is 382 g/mol. The molecule has 1 aromatic carbocycles. The third-order valence-corrected chi connectivity index (χ3v) is 5.04. The molecule has 0 radical (unpaired) electrons. The molecule has 0 fully saturated rings. The lowest BCUT2D eigenvalue weighted by atomic mass is 10.1. The van der Waals surface area contributed by atoms with Crippen LogP contribution in [-0.4, -0.2) is 26.9 Å². The predicted molar refractivity (Wildman–Crippen MR) is 93.4 cm³/mol. The number of carbonyl (C=O) groups excluding carboxylic acids is 2. The molecule has 9 heteroatoms. The number of sulfonamides is 1. The zero-order chi connectivity index (χ0) is 18.4. The molecule has 0 aliphatic rings. The fourth-order valence-corrected chi connectivity index (χ4v) is 3.25. The van der Waals surface area contributed by atoms with Crippen molar-refractivity contribution in [1.82, 2.24) is 5.32 Å². The van der Waals surface area contributed by atoms with Crippen molar-refractivity contribution in [2.75, 3.05) is 6.61 Å². The van der Waals surface area contributed by atoms with E-state index in [0.29, 0.717) is 5.56 Å². The number of benzene rings is 1. The van der Waals surface area contributed by atoms with E-state index in [1.54, 1.807) is 19.1 Å². The summed E-state index contributed by atoms with van der Waals surface area (Å²) in [6, 6.07) is 7.31. The Morgan fingerprint density at radius 1 is 1.24 bits per heavy atom. The minimum Gasteiger partial charge on any atom is -0.455 e. The van der Waals surface area contributed by atoms with Crippen LogP contribution in [0.15, 0.2) is 46.0 Å². The highest BCUT2D eigenvalue weighted by Gasteiger charge is 2.14. The highest BCUT2D eigenvalue weighted by Crippen LogP contribution is 2.15. The summed E-state index contributed by atoms with van der Waals surface area (Å²) in [5.74, 6) is -0.916. The number of thiophene rings is 1. The summed E-state index contributed by atoms with van der Waals surface area (Å²) in [7, 11) is -3.75. The van der Waals surface area contributed by atoms with Gasteiger partial charge in [0.05, 0.1) is 17.4 Å². The van der Waals surface area contributed by atoms with Gasteiger partial charge in [0, 0.05) is 0 Å². The molecule has 2 rings (SSSR count). The maximum Gasteiger partial charge on any atom is 0.310 e. The van der Waals surface area contributed by atoms with Crippen LogP contribution in [0.5, 0.6) is 0 Å². The topological polar surface area (TPSA) is 116 Å². The smallest absolute Gasteiger partial charge is 0.310 e. The zero-order valence-electron chi connectivity index (χ0n) is 13.5. The van der Waals surface area contributed by atoms with E-state index < -0.39 is 21.9 Å². The number of primary sulfonamides is 1. The number of esters is 1. The minimum atomic E-state index is -3.75. The van der Waals surface area contributed by atoms with Gasteiger partial charge in [0.15, 0.2) is 6.61 Å². The molecule has 0 aliphatic carbocycles. The molecule has 1 aromatic heterocycles. The molecule has 0 bridgehead atoms. The molecule has 0 saturated carbocycles. The zero-order valence-corrected chi connectivity index (χ0v) is 15.1. The summed E-state index contributed by atoms with van der Waals surface area (Å²) >= 11 is 1.48. The Bertz CT molecular complexity index is 830. The Morgan fingerprint density at radius 2 is 1.92 bits per heavy atom. The number of nitrogens with one attached hydrogen (secondary N) is 1. The second-order valence-electron chi connectivity index (χ2n) is 5.37. The molecule has 25 heavy (non-hydrogen) atoms. The SMILES string of the molecule is C[C@@H](NC(=O)COC(=O)Cc1ccsc1)c1ccc(S(N)(=O)=O)cc1. The van der Waals surface area contributed by atoms with Crippen molar-refractivity contribution >= 4 is 33.2 Å². The molecule has 1 atom stereocenters. The quantitative estimate of drug-likeness (QED) is 0.702. The van der Waals surface area contributed by atoms with Gasteiger partial charge in [0.2, 0.25) is 10.0 Å². The summed E-state index contributed by atoms with van der Waals surface area (Å²) in [6.45, 7) is 1.36. The first-order valence-corrected chi connectivity index (χ1v) is 9.83. The lowest BCUT2D eigenvalue weighted by Gasteiger charge is -2.14. The molecule has 7 nitrogen and oxygen atoms in total. The van der Waals surface area contributed by atoms with Gasteiger partial charge < -0.3 is 10.1 Å². The number of nitrogens with two attached hydrogens (primary N) is 1. The van der Waals surface area contributed by atoms with Gasteiger partial charge in [-0.3, -0.25) is 9.59 Å². The number of carbonyl (C=O) groups is 2. The van der Waals surface area contributed by atoms with Crippen LogP contribution >= 0.6 is 11.3 Å². The molecule has 1 heterocycles. The summed E-state index contributed by atoms with van der Waals surface area (Å²) in [4.78, 5) is 23.5. The van der Waals surface area contributed by atoms with Crippen LogP contribution < -0.4 is 10.5 Å². The lowest BCUT2D eigenvalue weighted by molar-refractivity contribution is -0.148. The highest BCUT2D eigenvalue weighted by atomic mass is 32.2. The van der Waals surface area contributed by atoms with E-state index in [9.17, 15) is 18.0 Å². The molecule has 0 aliphatic heterocycles. The molecule has 1 amide bonds. The molecular weight excluding hydrogens is 364 g/mol. The standard InChI is InChI=1S/C16H18N2O5S2/c1-11(13-2-4-14(5-3-13)25(17,21)22)18-15(19)9-23-16(20)8-12-6-7-24-10-12/h2-7,10-11H,8-9H2,1H3,(H,18,19)(H2,17,21,22)/t11-/m1/s1. The minimum absolute atomic E-state index is 0.00265. The number of ether oxygens (including phenoxy) is 1. The van der Waals surface area contributed by atoms with Crippen molar-refractivity contribution in [1.29, 1.82) is 0 Å². The van der Waals surface area contributed by atoms with Gasteiger partial charge in [-0.2, -0.15) is 11.3 Å². The fourth-order valence-electron chi connectivity index (χ4n) is 2.07. The normalized spacial score (nSPS) is 12.4. The molecule has 0 spiro atoms. The first-order valence-electron chi connectivity index (χ1n) is 7.34. The van der Waals surface area contributed by atoms with Crippen LogP contribution in [0.3, 0.4) is 0 Å². The van der Waals surface area contributed by atoms with Crippen molar-refractivity contribution in [2.45, 2.75) is 24.3 Å². The van der Waals surface area contributed by atoms with Gasteiger partial charge in [0.25, 0.3) is 5.91 Å². The molecule has 2 aromatic rings. The number of amides is 1. The number of hydrogen-bond donors (Lipinski definition) is 2. The lowest BCUT2D eigenvalue weighted by Crippen LogP contribution is -2.31. The Hall–Kier alpha value is -2.23. The van der Waals surface area contributed by atoms with Crippen LogP contribution in [-0.2, 0) is 30.8 Å². The Morgan fingerprint density at radius 3 is 2.48 bits per heavy atom. The Kier molecular flexibility index (Phi) is 6.29. The van der Waals surface area contributed by atoms with E-state index in [1.165, 1.54) is 23.5 Å². The average Bonchev–Trinajstić information content (AvgIpc) is 3.05. The molecule has 3 N–H and O–H groups in total. The van der Waals surface area contributed by atoms with Crippen LogP contribution in [0.4, 0.5) is 0 Å². The predicted octanol–water partition coefficient (Wildman–Crippen LogP) is 1.36. The second-order valence-corrected chi connectivity index (χ2v) is 7.71. The Balaban J connectivity index is 1.82. The van der Waals surface area contributed by atoms with Crippen LogP contribution in [0.1, 0.15) is 24.1 Å². The summed E-state index contributed by atoms with van der Waals surface area (Å²) < 4.78 is 27.4.